The molecule has 1 heterocycles. The fourth-order valence-corrected chi connectivity index (χ4v) is 2.43. The molecular formula is C14H12N2O. The van der Waals surface area contributed by atoms with E-state index in [9.17, 15) is 4.79 Å². The Morgan fingerprint density at radius 2 is 1.94 bits per heavy atom. The molecule has 0 radical (unpaired) electrons. The molecule has 0 amide bonds. The van der Waals surface area contributed by atoms with E-state index in [1.165, 1.54) is 5.56 Å². The van der Waals surface area contributed by atoms with Gasteiger partial charge in [-0.2, -0.15) is 0 Å². The maximum absolute atomic E-state index is 11.6. The first-order valence-corrected chi connectivity index (χ1v) is 5.69. The maximum Gasteiger partial charge on any atom is 0.163 e. The number of hydrogen-bond donors (Lipinski definition) is 0. The van der Waals surface area contributed by atoms with Gasteiger partial charge < -0.3 is 0 Å². The summed E-state index contributed by atoms with van der Waals surface area (Å²) in [6.07, 6.45) is 6.60. The van der Waals surface area contributed by atoms with Crippen LogP contribution >= 0.6 is 0 Å². The first kappa shape index (κ1) is 10.1. The molecule has 0 saturated carbocycles. The monoisotopic (exact) mass is 224 g/mol. The molecule has 1 aromatic heterocycles. The van der Waals surface area contributed by atoms with Gasteiger partial charge in [0.2, 0.25) is 0 Å². The number of carbonyl (C=O) groups is 1. The van der Waals surface area contributed by atoms with E-state index in [0.717, 1.165) is 28.8 Å². The number of hydrogen-bond acceptors (Lipinski definition) is 3. The first-order valence-electron chi connectivity index (χ1n) is 5.69. The molecule has 1 aromatic carbocycles. The van der Waals surface area contributed by atoms with E-state index in [-0.39, 0.29) is 5.78 Å². The molecule has 0 aliphatic heterocycles. The molecular weight excluding hydrogens is 212 g/mol. The molecule has 0 unspecified atom stereocenters. The van der Waals surface area contributed by atoms with Crippen molar-refractivity contribution in [1.82, 2.24) is 9.97 Å². The quantitative estimate of drug-likeness (QED) is 0.747. The van der Waals surface area contributed by atoms with Crippen molar-refractivity contribution in [1.29, 1.82) is 0 Å². The second kappa shape index (κ2) is 3.77. The van der Waals surface area contributed by atoms with Gasteiger partial charge in [-0.3, -0.25) is 14.8 Å². The predicted octanol–water partition coefficient (Wildman–Crippen LogP) is 2.58. The molecule has 84 valence electrons. The van der Waals surface area contributed by atoms with E-state index in [1.807, 2.05) is 12.1 Å². The smallest absolute Gasteiger partial charge is 0.163 e. The number of rotatable bonds is 1. The lowest BCUT2D eigenvalue weighted by atomic mass is 9.97. The summed E-state index contributed by atoms with van der Waals surface area (Å²) in [5.74, 6) is 0.258. The van der Waals surface area contributed by atoms with Crippen LogP contribution in [-0.2, 0) is 6.42 Å². The summed E-state index contributed by atoms with van der Waals surface area (Å²) < 4.78 is 0. The van der Waals surface area contributed by atoms with E-state index >= 15 is 0 Å². The molecule has 0 spiro atoms. The molecule has 3 rings (SSSR count). The summed E-state index contributed by atoms with van der Waals surface area (Å²) in [6.45, 7) is 2.06. The summed E-state index contributed by atoms with van der Waals surface area (Å²) in [5, 5.41) is 0. The van der Waals surface area contributed by atoms with E-state index in [1.54, 1.807) is 18.6 Å². The van der Waals surface area contributed by atoms with Gasteiger partial charge in [-0.05, 0) is 24.5 Å². The molecule has 17 heavy (non-hydrogen) atoms. The van der Waals surface area contributed by atoms with Crippen molar-refractivity contribution in [2.24, 2.45) is 0 Å². The standard InChI is InChI=1S/C14H12N2O/c1-9-10-4-5-14(17)12(10)3-2-11(9)13-8-15-6-7-16-13/h2-3,6-8H,4-5H2,1H3. The first-order chi connectivity index (χ1) is 8.27. The van der Waals surface area contributed by atoms with Crippen LogP contribution in [0.5, 0.6) is 0 Å². The minimum absolute atomic E-state index is 0.258. The lowest BCUT2D eigenvalue weighted by molar-refractivity contribution is 0.0994. The molecule has 0 saturated heterocycles. The molecule has 0 atom stereocenters. The van der Waals surface area contributed by atoms with Gasteiger partial charge in [0, 0.05) is 29.9 Å². The van der Waals surface area contributed by atoms with Gasteiger partial charge in [0.05, 0.1) is 11.9 Å². The van der Waals surface area contributed by atoms with Crippen molar-refractivity contribution in [2.45, 2.75) is 19.8 Å². The van der Waals surface area contributed by atoms with Gasteiger partial charge in [0.15, 0.2) is 5.78 Å². The van der Waals surface area contributed by atoms with Crippen LogP contribution in [0, 0.1) is 6.92 Å². The lowest BCUT2D eigenvalue weighted by Crippen LogP contribution is -1.96. The Bertz CT molecular complexity index is 591. The molecule has 1 aliphatic carbocycles. The second-order valence-electron chi connectivity index (χ2n) is 4.28. The highest BCUT2D eigenvalue weighted by molar-refractivity contribution is 6.01. The van der Waals surface area contributed by atoms with Crippen LogP contribution < -0.4 is 0 Å². The minimum atomic E-state index is 0.258. The van der Waals surface area contributed by atoms with Crippen molar-refractivity contribution in [2.75, 3.05) is 0 Å². The van der Waals surface area contributed by atoms with Crippen LogP contribution in [0.3, 0.4) is 0 Å². The van der Waals surface area contributed by atoms with Crippen LogP contribution in [0.1, 0.15) is 27.9 Å². The zero-order chi connectivity index (χ0) is 11.8. The highest BCUT2D eigenvalue weighted by atomic mass is 16.1. The van der Waals surface area contributed by atoms with Crippen molar-refractivity contribution in [3.63, 3.8) is 0 Å². The summed E-state index contributed by atoms with van der Waals surface area (Å²) in [4.78, 5) is 20.0. The van der Waals surface area contributed by atoms with E-state index < -0.39 is 0 Å². The van der Waals surface area contributed by atoms with Gasteiger partial charge in [-0.1, -0.05) is 12.1 Å². The normalized spacial score (nSPS) is 13.8. The number of aromatic nitrogens is 2. The van der Waals surface area contributed by atoms with E-state index in [4.69, 9.17) is 0 Å². The maximum atomic E-state index is 11.6. The second-order valence-corrected chi connectivity index (χ2v) is 4.28. The third-order valence-corrected chi connectivity index (χ3v) is 3.34. The van der Waals surface area contributed by atoms with Crippen molar-refractivity contribution >= 4 is 5.78 Å². The van der Waals surface area contributed by atoms with Gasteiger partial charge >= 0.3 is 0 Å². The third kappa shape index (κ3) is 1.55. The topological polar surface area (TPSA) is 42.9 Å². The average Bonchev–Trinajstić information content (AvgIpc) is 2.74. The number of benzene rings is 1. The molecule has 3 nitrogen and oxygen atoms in total. The van der Waals surface area contributed by atoms with Crippen LogP contribution in [0.2, 0.25) is 0 Å². The predicted molar refractivity (Wildman–Crippen MR) is 64.9 cm³/mol. The summed E-state index contributed by atoms with van der Waals surface area (Å²) >= 11 is 0. The highest BCUT2D eigenvalue weighted by Gasteiger charge is 2.22. The Morgan fingerprint density at radius 1 is 1.12 bits per heavy atom. The Hall–Kier alpha value is -2.03. The fourth-order valence-electron chi connectivity index (χ4n) is 2.43. The number of nitrogens with zero attached hydrogens (tertiary/aromatic N) is 2. The van der Waals surface area contributed by atoms with Gasteiger partial charge in [0.25, 0.3) is 0 Å². The van der Waals surface area contributed by atoms with Gasteiger partial charge in [0.1, 0.15) is 0 Å². The number of fused-ring (bicyclic) bond motifs is 1. The summed E-state index contributed by atoms with van der Waals surface area (Å²) in [5.41, 5.74) is 5.17. The lowest BCUT2D eigenvalue weighted by Gasteiger charge is -2.09. The highest BCUT2D eigenvalue weighted by Crippen LogP contribution is 2.31. The van der Waals surface area contributed by atoms with Crippen LogP contribution in [-0.4, -0.2) is 15.8 Å². The van der Waals surface area contributed by atoms with E-state index in [2.05, 4.69) is 16.9 Å². The van der Waals surface area contributed by atoms with Crippen molar-refractivity contribution < 1.29 is 4.79 Å². The van der Waals surface area contributed by atoms with Gasteiger partial charge in [-0.15, -0.1) is 0 Å². The van der Waals surface area contributed by atoms with Gasteiger partial charge in [-0.25, -0.2) is 0 Å². The average molecular weight is 224 g/mol. The molecule has 0 fully saturated rings. The zero-order valence-corrected chi connectivity index (χ0v) is 9.60. The van der Waals surface area contributed by atoms with Crippen molar-refractivity contribution in [3.8, 4) is 11.3 Å². The zero-order valence-electron chi connectivity index (χ0n) is 9.60. The molecule has 2 aromatic rings. The number of ketones is 1. The van der Waals surface area contributed by atoms with Crippen molar-refractivity contribution in [3.05, 3.63) is 47.4 Å². The Labute approximate surface area is 99.5 Å². The molecule has 0 N–H and O–H groups in total. The van der Waals surface area contributed by atoms with Crippen LogP contribution in [0.4, 0.5) is 0 Å². The molecule has 1 aliphatic rings. The Balaban J connectivity index is 2.19. The third-order valence-electron chi connectivity index (χ3n) is 3.34. The Kier molecular flexibility index (Phi) is 2.25. The molecule has 3 heteroatoms. The largest absolute Gasteiger partial charge is 0.294 e. The fraction of sp³-hybridized carbons (Fsp3) is 0.214. The van der Waals surface area contributed by atoms with Crippen LogP contribution in [0.15, 0.2) is 30.7 Å². The molecule has 0 bridgehead atoms. The number of carbonyl (C=O) groups excluding carboxylic acids is 1. The minimum Gasteiger partial charge on any atom is -0.294 e. The Morgan fingerprint density at radius 3 is 2.71 bits per heavy atom. The summed E-state index contributed by atoms with van der Waals surface area (Å²) in [6, 6.07) is 3.89. The number of Topliss-reactive ketones (excluding diaryl/α,β-unsaturated/α-hetero) is 1. The SMILES string of the molecule is Cc1c(-c2cnccn2)ccc2c1CCC2=O. The summed E-state index contributed by atoms with van der Waals surface area (Å²) in [7, 11) is 0. The van der Waals surface area contributed by atoms with E-state index in [0.29, 0.717) is 6.42 Å². The van der Waals surface area contributed by atoms with Crippen LogP contribution in [0.25, 0.3) is 11.3 Å².